The third-order valence-electron chi connectivity index (χ3n) is 1.95. The van der Waals surface area contributed by atoms with Crippen LogP contribution >= 0.6 is 0 Å². The number of aromatic nitrogens is 2. The van der Waals surface area contributed by atoms with Crippen LogP contribution in [0.5, 0.6) is 0 Å². The Bertz CT molecular complexity index is 806. The maximum Gasteiger partial charge on any atom is 0.357 e. The number of pyridine rings is 1. The maximum atomic E-state index is 12.1. The molecule has 0 aromatic carbocycles. The van der Waals surface area contributed by atoms with Gasteiger partial charge in [0.1, 0.15) is 5.65 Å². The summed E-state index contributed by atoms with van der Waals surface area (Å²) in [4.78, 5) is 15.9. The van der Waals surface area contributed by atoms with Gasteiger partial charge in [0.05, 0.1) is 15.0 Å². The second-order valence-electron chi connectivity index (χ2n) is 3.00. The van der Waals surface area contributed by atoms with Crippen LogP contribution in [0.4, 0.5) is 0 Å². The molecule has 2 aromatic rings. The van der Waals surface area contributed by atoms with Crippen LogP contribution in [0.1, 0.15) is 39.6 Å². The molecule has 84 valence electrons. The van der Waals surface area contributed by atoms with E-state index in [1.165, 1.54) is 6.92 Å². The third-order valence-corrected chi connectivity index (χ3v) is 1.95. The molecule has 2 heterocycles. The lowest BCUT2D eigenvalue weighted by Gasteiger charge is -2.02. The minimum Gasteiger partial charge on any atom is -0.461 e. The van der Waals surface area contributed by atoms with Gasteiger partial charge in [0.25, 0.3) is 0 Å². The molecule has 0 spiro atoms. The first-order valence-corrected chi connectivity index (χ1v) is 4.60. The summed E-state index contributed by atoms with van der Waals surface area (Å²) < 4.78 is 66.3. The topological polar surface area (TPSA) is 43.6 Å². The van der Waals surface area contributed by atoms with Crippen LogP contribution in [-0.2, 0) is 4.74 Å². The van der Waals surface area contributed by atoms with Gasteiger partial charge in [-0.1, -0.05) is 0 Å². The zero-order chi connectivity index (χ0) is 18.4. The molecule has 0 aliphatic carbocycles. The normalized spacial score (nSPS) is 19.6. The molecule has 2 rings (SSSR count). The van der Waals surface area contributed by atoms with Crippen molar-refractivity contribution in [2.45, 2.75) is 20.6 Å². The summed E-state index contributed by atoms with van der Waals surface area (Å²) >= 11 is 0. The lowest BCUT2D eigenvalue weighted by atomic mass is 10.3. The van der Waals surface area contributed by atoms with Crippen LogP contribution in [0.25, 0.3) is 5.65 Å². The molecule has 16 heavy (non-hydrogen) atoms. The van der Waals surface area contributed by atoms with E-state index in [-0.39, 0.29) is 12.3 Å². The molecule has 0 unspecified atom stereocenters. The van der Waals surface area contributed by atoms with Crippen molar-refractivity contribution in [2.24, 2.45) is 0 Å². The molecule has 0 aliphatic rings. The van der Waals surface area contributed by atoms with Gasteiger partial charge in [0.15, 0.2) is 5.69 Å². The average Bonchev–Trinajstić information content (AvgIpc) is 2.76. The molecule has 2 aromatic heterocycles. The van der Waals surface area contributed by atoms with Gasteiger partial charge >= 0.3 is 5.97 Å². The Morgan fingerprint density at radius 2 is 2.56 bits per heavy atom. The van der Waals surface area contributed by atoms with E-state index in [9.17, 15) is 4.79 Å². The number of hydrogen-bond donors (Lipinski definition) is 0. The van der Waals surface area contributed by atoms with E-state index in [0.29, 0.717) is 0 Å². The fraction of sp³-hybridized carbons (Fsp3) is 0.333. The zero-order valence-corrected chi connectivity index (χ0v) is 8.50. The van der Waals surface area contributed by atoms with E-state index in [1.807, 2.05) is 0 Å². The highest BCUT2D eigenvalue weighted by molar-refractivity contribution is 5.90. The number of fused-ring (bicyclic) bond motifs is 1. The molecule has 0 aliphatic heterocycles. The summed E-state index contributed by atoms with van der Waals surface area (Å²) in [5, 5.41) is 0. The molecule has 0 amide bonds. The van der Waals surface area contributed by atoms with Gasteiger partial charge in [-0.15, -0.1) is 0 Å². The summed E-state index contributed by atoms with van der Waals surface area (Å²) in [6.07, 6.45) is 0.962. The highest BCUT2D eigenvalue weighted by Gasteiger charge is 2.17. The Labute approximate surface area is 105 Å². The summed E-state index contributed by atoms with van der Waals surface area (Å²) in [5.74, 6) is -0.975. The first-order valence-electron chi connectivity index (χ1n) is 8.60. The molecule has 4 nitrogen and oxygen atoms in total. The lowest BCUT2D eigenvalue weighted by Crippen LogP contribution is -2.09. The summed E-state index contributed by atoms with van der Waals surface area (Å²) in [5.41, 5.74) is -1.93. The Balaban J connectivity index is 2.92. The molecule has 4 heteroatoms. The smallest absolute Gasteiger partial charge is 0.357 e. The van der Waals surface area contributed by atoms with Crippen molar-refractivity contribution in [3.8, 4) is 0 Å². The molecule has 0 radical (unpaired) electrons. The van der Waals surface area contributed by atoms with Gasteiger partial charge in [-0.25, -0.2) is 9.78 Å². The van der Waals surface area contributed by atoms with E-state index in [1.54, 1.807) is 0 Å². The summed E-state index contributed by atoms with van der Waals surface area (Å²) in [6.45, 7) is -4.00. The molecule has 0 atom stereocenters. The highest BCUT2D eigenvalue weighted by atomic mass is 16.5. The molecular weight excluding hydrogens is 204 g/mol. The van der Waals surface area contributed by atoms with E-state index < -0.39 is 48.7 Å². The predicted octanol–water partition coefficient (Wildman–Crippen LogP) is 2.13. The van der Waals surface area contributed by atoms with Gasteiger partial charge in [-0.3, -0.25) is 4.40 Å². The van der Waals surface area contributed by atoms with Crippen LogP contribution in [-0.4, -0.2) is 22.0 Å². The van der Waals surface area contributed by atoms with Crippen LogP contribution in [0.3, 0.4) is 0 Å². The highest BCUT2D eigenvalue weighted by Crippen LogP contribution is 2.14. The van der Waals surface area contributed by atoms with Crippen molar-refractivity contribution >= 4 is 11.6 Å². The number of carbonyl (C=O) groups excluding carboxylic acids is 1. The molecule has 0 saturated carbocycles. The number of imidazole rings is 1. The number of carbonyl (C=O) groups is 1. The van der Waals surface area contributed by atoms with E-state index in [2.05, 4.69) is 4.98 Å². The van der Waals surface area contributed by atoms with Gasteiger partial charge in [-0.05, 0) is 38.3 Å². The minimum absolute atomic E-state index is 0.0126. The summed E-state index contributed by atoms with van der Waals surface area (Å²) in [6, 6.07) is -1.14. The Morgan fingerprint density at radius 3 is 3.25 bits per heavy atom. The van der Waals surface area contributed by atoms with Crippen molar-refractivity contribution in [1.29, 1.82) is 0 Å². The van der Waals surface area contributed by atoms with Crippen LogP contribution in [0, 0.1) is 13.7 Å². The lowest BCUT2D eigenvalue weighted by molar-refractivity contribution is 0.0517. The van der Waals surface area contributed by atoms with Gasteiger partial charge in [0.2, 0.25) is 0 Å². The number of ether oxygens (including phenoxy) is 1. The average molecular weight is 226 g/mol. The third kappa shape index (κ3) is 1.66. The van der Waals surface area contributed by atoms with Crippen molar-refractivity contribution in [3.63, 3.8) is 0 Å². The van der Waals surface area contributed by atoms with Crippen LogP contribution < -0.4 is 0 Å². The number of hydrogen-bond acceptors (Lipinski definition) is 3. The van der Waals surface area contributed by atoms with Gasteiger partial charge < -0.3 is 4.74 Å². The van der Waals surface area contributed by atoms with Crippen molar-refractivity contribution in [3.05, 3.63) is 35.2 Å². The summed E-state index contributed by atoms with van der Waals surface area (Å²) in [7, 11) is 0. The van der Waals surface area contributed by atoms with E-state index in [0.717, 1.165) is 10.6 Å². The zero-order valence-electron chi connectivity index (χ0n) is 16.5. The number of esters is 1. The Morgan fingerprint density at radius 1 is 1.69 bits per heavy atom. The van der Waals surface area contributed by atoms with Crippen LogP contribution in [0.2, 0.25) is 0 Å². The molecule has 0 bridgehead atoms. The largest absolute Gasteiger partial charge is 0.461 e. The maximum absolute atomic E-state index is 12.1. The first-order chi connectivity index (χ1) is 10.9. The number of rotatable bonds is 2. The SMILES string of the molecule is [2H]c1cn2c(C(=O)OCC)c(C([2H])([2H])[2H])nc2c([2H])c1C([2H])([2H])[2H]. The fourth-order valence-electron chi connectivity index (χ4n) is 1.32. The first kappa shape index (κ1) is 4.57. The molecule has 0 fully saturated rings. The van der Waals surface area contributed by atoms with Crippen molar-refractivity contribution in [2.75, 3.05) is 6.61 Å². The Hall–Kier alpha value is -1.84. The molecular formula is C12H14N2O2. The number of aryl methyl sites for hydroxylation is 1. The van der Waals surface area contributed by atoms with Gasteiger partial charge in [-0.2, -0.15) is 0 Å². The van der Waals surface area contributed by atoms with E-state index >= 15 is 0 Å². The molecule has 0 saturated heterocycles. The van der Waals surface area contributed by atoms with E-state index in [4.69, 9.17) is 15.7 Å². The van der Waals surface area contributed by atoms with Crippen LogP contribution in [0.15, 0.2) is 18.3 Å². The second kappa shape index (κ2) is 3.96. The number of nitrogens with zero attached hydrogens (tertiary/aromatic N) is 2. The predicted molar refractivity (Wildman–Crippen MR) is 60.6 cm³/mol. The second-order valence-corrected chi connectivity index (χ2v) is 3.00. The monoisotopic (exact) mass is 226 g/mol. The Kier molecular flexibility index (Phi) is 1.13. The van der Waals surface area contributed by atoms with Crippen molar-refractivity contribution < 1.29 is 20.5 Å². The van der Waals surface area contributed by atoms with Crippen molar-refractivity contribution in [1.82, 2.24) is 9.38 Å². The standard InChI is InChI=1S/C12H14N2O2/c1-4-16-12(15)11-9(3)13-10-7-8(2)5-6-14(10)11/h5-7H,4H2,1-3H3/i2D3,3D3,5D,7D. The fourth-order valence-corrected chi connectivity index (χ4v) is 1.32. The quantitative estimate of drug-likeness (QED) is 0.737. The molecule has 0 N–H and O–H groups in total. The van der Waals surface area contributed by atoms with Gasteiger partial charge in [0, 0.05) is 14.4 Å². The minimum atomic E-state index is -2.77.